The first kappa shape index (κ1) is 21.1. The van der Waals surface area contributed by atoms with Crippen LogP contribution in [-0.2, 0) is 16.1 Å². The van der Waals surface area contributed by atoms with E-state index in [0.717, 1.165) is 6.54 Å². The molecule has 0 radical (unpaired) electrons. The van der Waals surface area contributed by atoms with Crippen molar-refractivity contribution in [2.75, 3.05) is 20.2 Å². The number of thiazole rings is 1. The van der Waals surface area contributed by atoms with E-state index in [1.807, 2.05) is 18.2 Å². The van der Waals surface area contributed by atoms with Crippen molar-refractivity contribution in [3.8, 4) is 10.8 Å². The Bertz CT molecular complexity index is 1030. The number of benzene rings is 1. The fourth-order valence-corrected chi connectivity index (χ4v) is 4.43. The molecule has 3 aromatic rings. The van der Waals surface area contributed by atoms with Gasteiger partial charge in [0.15, 0.2) is 10.8 Å². The molecular weight excluding hydrogens is 414 g/mol. The molecule has 9 heteroatoms. The van der Waals surface area contributed by atoms with Crippen LogP contribution in [0.5, 0.6) is 0 Å². The van der Waals surface area contributed by atoms with Gasteiger partial charge in [0.2, 0.25) is 0 Å². The number of ether oxygens (including phenoxy) is 1. The molecule has 1 saturated heterocycles. The van der Waals surface area contributed by atoms with Crippen molar-refractivity contribution in [3.63, 3.8) is 0 Å². The van der Waals surface area contributed by atoms with Gasteiger partial charge in [0.05, 0.1) is 7.11 Å². The number of carbonyl (C=O) groups excluding carboxylic acids is 2. The van der Waals surface area contributed by atoms with Gasteiger partial charge in [-0.15, -0.1) is 11.3 Å². The van der Waals surface area contributed by atoms with Crippen LogP contribution in [0.4, 0.5) is 0 Å². The molecule has 0 spiro atoms. The molecule has 1 aromatic carbocycles. The number of rotatable bonds is 6. The van der Waals surface area contributed by atoms with Gasteiger partial charge in [-0.2, -0.15) is 0 Å². The summed E-state index contributed by atoms with van der Waals surface area (Å²) >= 11 is 1.29. The second-order valence-corrected chi connectivity index (χ2v) is 8.26. The van der Waals surface area contributed by atoms with Crippen LogP contribution in [0.25, 0.3) is 10.8 Å². The Labute approximate surface area is 184 Å². The minimum Gasteiger partial charge on any atom is -0.467 e. The summed E-state index contributed by atoms with van der Waals surface area (Å²) in [6.45, 7) is 2.15. The number of hydrogen-bond donors (Lipinski definition) is 1. The van der Waals surface area contributed by atoms with Gasteiger partial charge in [-0.05, 0) is 24.5 Å². The van der Waals surface area contributed by atoms with E-state index in [0.29, 0.717) is 36.8 Å². The van der Waals surface area contributed by atoms with Crippen LogP contribution < -0.4 is 5.32 Å². The predicted octanol–water partition coefficient (Wildman–Crippen LogP) is 2.54. The first-order chi connectivity index (χ1) is 15.1. The van der Waals surface area contributed by atoms with Crippen molar-refractivity contribution in [2.24, 2.45) is 0 Å². The van der Waals surface area contributed by atoms with E-state index in [-0.39, 0.29) is 5.69 Å². The van der Waals surface area contributed by atoms with E-state index in [4.69, 9.17) is 4.74 Å². The minimum atomic E-state index is -1.06. The molecule has 0 atom stereocenters. The third kappa shape index (κ3) is 4.78. The summed E-state index contributed by atoms with van der Waals surface area (Å²) in [6, 6.07) is 11.9. The molecule has 31 heavy (non-hydrogen) atoms. The van der Waals surface area contributed by atoms with Crippen molar-refractivity contribution >= 4 is 23.2 Å². The lowest BCUT2D eigenvalue weighted by Crippen LogP contribution is -2.60. The van der Waals surface area contributed by atoms with Crippen molar-refractivity contribution in [3.05, 3.63) is 65.4 Å². The molecular formula is C22H23N5O3S. The van der Waals surface area contributed by atoms with E-state index in [9.17, 15) is 9.59 Å². The molecule has 1 amide bonds. The zero-order valence-electron chi connectivity index (χ0n) is 17.2. The molecule has 2 aromatic heterocycles. The second-order valence-electron chi connectivity index (χ2n) is 7.40. The van der Waals surface area contributed by atoms with E-state index in [2.05, 4.69) is 37.3 Å². The number of amides is 1. The largest absolute Gasteiger partial charge is 0.467 e. The number of nitrogens with one attached hydrogen (secondary N) is 1. The lowest BCUT2D eigenvalue weighted by atomic mass is 9.87. The van der Waals surface area contributed by atoms with Crippen molar-refractivity contribution in [1.82, 2.24) is 25.2 Å². The maximum Gasteiger partial charge on any atom is 0.331 e. The molecule has 0 bridgehead atoms. The number of piperidine rings is 1. The van der Waals surface area contributed by atoms with Gasteiger partial charge in [-0.1, -0.05) is 30.3 Å². The smallest absolute Gasteiger partial charge is 0.331 e. The number of carbonyl (C=O) groups is 2. The number of nitrogens with zero attached hydrogens (tertiary/aromatic N) is 4. The van der Waals surface area contributed by atoms with Gasteiger partial charge in [0.25, 0.3) is 5.91 Å². The predicted molar refractivity (Wildman–Crippen MR) is 116 cm³/mol. The Kier molecular flexibility index (Phi) is 6.34. The van der Waals surface area contributed by atoms with Crippen LogP contribution in [0.1, 0.15) is 28.9 Å². The molecule has 0 unspecified atom stereocenters. The number of likely N-dealkylation sites (tertiary alicyclic amines) is 1. The van der Waals surface area contributed by atoms with Gasteiger partial charge >= 0.3 is 5.97 Å². The number of hydrogen-bond acceptors (Lipinski definition) is 8. The van der Waals surface area contributed by atoms with Gasteiger partial charge in [-0.25, -0.2) is 19.7 Å². The van der Waals surface area contributed by atoms with Crippen molar-refractivity contribution in [1.29, 1.82) is 0 Å². The Morgan fingerprint density at radius 1 is 1.13 bits per heavy atom. The van der Waals surface area contributed by atoms with Crippen LogP contribution >= 0.6 is 11.3 Å². The first-order valence-electron chi connectivity index (χ1n) is 10.00. The summed E-state index contributed by atoms with van der Waals surface area (Å²) in [4.78, 5) is 40.5. The highest BCUT2D eigenvalue weighted by molar-refractivity contribution is 7.13. The van der Waals surface area contributed by atoms with Gasteiger partial charge < -0.3 is 10.1 Å². The third-order valence-electron chi connectivity index (χ3n) is 5.38. The highest BCUT2D eigenvalue weighted by Crippen LogP contribution is 2.26. The van der Waals surface area contributed by atoms with E-state index >= 15 is 0 Å². The maximum atomic E-state index is 12.9. The number of esters is 1. The minimum absolute atomic E-state index is 0.238. The molecule has 160 valence electrons. The monoisotopic (exact) mass is 437 g/mol. The molecule has 1 N–H and O–H groups in total. The molecule has 0 aliphatic carbocycles. The molecule has 1 fully saturated rings. The SMILES string of the molecule is COC(=O)C1(NC(=O)c2csc(-c3ncccn3)n2)CCN(Cc2ccccc2)CC1. The summed E-state index contributed by atoms with van der Waals surface area (Å²) in [5.41, 5.74) is 0.393. The third-order valence-corrected chi connectivity index (χ3v) is 6.22. The Balaban J connectivity index is 1.45. The molecule has 0 saturated carbocycles. The highest BCUT2D eigenvalue weighted by Gasteiger charge is 2.44. The van der Waals surface area contributed by atoms with Crippen LogP contribution in [0.15, 0.2) is 54.2 Å². The maximum absolute atomic E-state index is 12.9. The standard InChI is InChI=1S/C22H23N5O3S/c1-30-21(29)22(8-12-27(13-9-22)14-16-6-3-2-4-7-16)26-19(28)17-15-31-20(25-17)18-23-10-5-11-24-18/h2-7,10-11,15H,8-9,12-14H2,1H3,(H,26,28). The summed E-state index contributed by atoms with van der Waals surface area (Å²) < 4.78 is 5.05. The van der Waals surface area contributed by atoms with Crippen LogP contribution in [-0.4, -0.2) is 57.5 Å². The van der Waals surface area contributed by atoms with E-state index < -0.39 is 17.4 Å². The molecule has 4 rings (SSSR count). The van der Waals surface area contributed by atoms with Gasteiger partial charge in [-0.3, -0.25) is 9.69 Å². The molecule has 8 nitrogen and oxygen atoms in total. The summed E-state index contributed by atoms with van der Waals surface area (Å²) in [5.74, 6) is -0.370. The number of methoxy groups -OCH3 is 1. The van der Waals surface area contributed by atoms with Crippen molar-refractivity contribution < 1.29 is 14.3 Å². The Hall–Kier alpha value is -3.17. The molecule has 1 aliphatic rings. The average Bonchev–Trinajstić information content (AvgIpc) is 3.32. The fraction of sp³-hybridized carbons (Fsp3) is 0.318. The zero-order valence-corrected chi connectivity index (χ0v) is 18.0. The topological polar surface area (TPSA) is 97.3 Å². The van der Waals surface area contributed by atoms with Crippen LogP contribution in [0.3, 0.4) is 0 Å². The Morgan fingerprint density at radius 2 is 1.84 bits per heavy atom. The quantitative estimate of drug-likeness (QED) is 0.592. The molecule has 3 heterocycles. The first-order valence-corrected chi connectivity index (χ1v) is 10.9. The van der Waals surface area contributed by atoms with Gasteiger partial charge in [0, 0.05) is 37.4 Å². The van der Waals surface area contributed by atoms with Crippen molar-refractivity contribution in [2.45, 2.75) is 24.9 Å². The fourth-order valence-electron chi connectivity index (χ4n) is 3.68. The van der Waals surface area contributed by atoms with E-state index in [1.165, 1.54) is 24.0 Å². The average molecular weight is 438 g/mol. The summed E-state index contributed by atoms with van der Waals surface area (Å²) in [5, 5.41) is 5.11. The second kappa shape index (κ2) is 9.32. The number of aromatic nitrogens is 3. The lowest BCUT2D eigenvalue weighted by Gasteiger charge is -2.40. The lowest BCUT2D eigenvalue weighted by molar-refractivity contribution is -0.150. The van der Waals surface area contributed by atoms with Gasteiger partial charge in [0.1, 0.15) is 11.2 Å². The van der Waals surface area contributed by atoms with E-state index in [1.54, 1.807) is 23.8 Å². The normalized spacial score (nSPS) is 15.9. The van der Waals surface area contributed by atoms with Crippen LogP contribution in [0, 0.1) is 0 Å². The summed E-state index contributed by atoms with van der Waals surface area (Å²) in [7, 11) is 1.35. The highest BCUT2D eigenvalue weighted by atomic mass is 32.1. The summed E-state index contributed by atoms with van der Waals surface area (Å²) in [6.07, 6.45) is 4.19. The van der Waals surface area contributed by atoms with Crippen LogP contribution in [0.2, 0.25) is 0 Å². The molecule has 1 aliphatic heterocycles. The zero-order chi connectivity index (χ0) is 21.7. The Morgan fingerprint density at radius 3 is 2.52 bits per heavy atom.